The number of methoxy groups -OCH3 is 1. The smallest absolute Gasteiger partial charge is 0.360 e. The standard InChI is InChI=1S/C15H13N5O5/c1-24-15(23)12-10(16)6-20(19-12)5-9-4-8(2-3-17-9)13-18-11(7-25-13)14(21)22/h2-4,6-7H,5,16H2,1H3,(H,21,22). The van der Waals surface area contributed by atoms with E-state index >= 15 is 0 Å². The predicted octanol–water partition coefficient (Wildman–Crippen LogP) is 1.05. The third-order valence-electron chi connectivity index (χ3n) is 3.28. The van der Waals surface area contributed by atoms with Crippen LogP contribution in [0.2, 0.25) is 0 Å². The van der Waals surface area contributed by atoms with Crippen LogP contribution < -0.4 is 5.73 Å². The molecule has 10 heteroatoms. The fourth-order valence-electron chi connectivity index (χ4n) is 2.14. The third-order valence-corrected chi connectivity index (χ3v) is 3.28. The summed E-state index contributed by atoms with van der Waals surface area (Å²) in [5.41, 5.74) is 6.93. The Labute approximate surface area is 140 Å². The Morgan fingerprint density at radius 3 is 2.92 bits per heavy atom. The minimum Gasteiger partial charge on any atom is -0.476 e. The van der Waals surface area contributed by atoms with Gasteiger partial charge in [-0.3, -0.25) is 9.67 Å². The molecule has 0 aliphatic carbocycles. The molecule has 128 valence electrons. The zero-order valence-corrected chi connectivity index (χ0v) is 13.0. The molecule has 0 bridgehead atoms. The largest absolute Gasteiger partial charge is 0.476 e. The average Bonchev–Trinajstić information content (AvgIpc) is 3.21. The van der Waals surface area contributed by atoms with Gasteiger partial charge in [0, 0.05) is 18.0 Å². The van der Waals surface area contributed by atoms with Crippen LogP contribution >= 0.6 is 0 Å². The molecule has 0 aromatic carbocycles. The van der Waals surface area contributed by atoms with Gasteiger partial charge >= 0.3 is 11.9 Å². The molecule has 25 heavy (non-hydrogen) atoms. The number of hydrogen-bond acceptors (Lipinski definition) is 8. The summed E-state index contributed by atoms with van der Waals surface area (Å²) in [5, 5.41) is 13.0. The Bertz CT molecular complexity index is 945. The van der Waals surface area contributed by atoms with Gasteiger partial charge in [0.1, 0.15) is 6.26 Å². The quantitative estimate of drug-likeness (QED) is 0.649. The second-order valence-corrected chi connectivity index (χ2v) is 5.00. The maximum absolute atomic E-state index is 11.5. The predicted molar refractivity (Wildman–Crippen MR) is 83.8 cm³/mol. The summed E-state index contributed by atoms with van der Waals surface area (Å²) in [7, 11) is 1.24. The molecule has 3 N–H and O–H groups in total. The molecule has 0 aliphatic heterocycles. The van der Waals surface area contributed by atoms with Crippen molar-refractivity contribution in [1.29, 1.82) is 0 Å². The molecule has 3 rings (SSSR count). The molecule has 0 spiro atoms. The van der Waals surface area contributed by atoms with Crippen LogP contribution in [0.25, 0.3) is 11.5 Å². The Morgan fingerprint density at radius 2 is 2.24 bits per heavy atom. The topological polar surface area (TPSA) is 146 Å². The van der Waals surface area contributed by atoms with E-state index in [1.807, 2.05) is 0 Å². The van der Waals surface area contributed by atoms with Crippen molar-refractivity contribution < 1.29 is 23.8 Å². The van der Waals surface area contributed by atoms with Gasteiger partial charge in [0.2, 0.25) is 5.89 Å². The SMILES string of the molecule is COC(=O)c1nn(Cc2cc(-c3nc(C(=O)O)co3)ccn2)cc1N. The molecular weight excluding hydrogens is 330 g/mol. The van der Waals surface area contributed by atoms with Crippen LogP contribution in [0, 0.1) is 0 Å². The molecular formula is C15H13N5O5. The number of carboxylic acids is 1. The summed E-state index contributed by atoms with van der Waals surface area (Å²) in [4.78, 5) is 30.5. The molecule has 10 nitrogen and oxygen atoms in total. The number of nitrogens with zero attached hydrogens (tertiary/aromatic N) is 4. The van der Waals surface area contributed by atoms with Crippen LogP contribution in [-0.2, 0) is 11.3 Å². The van der Waals surface area contributed by atoms with Crippen LogP contribution in [0.4, 0.5) is 5.69 Å². The van der Waals surface area contributed by atoms with E-state index in [4.69, 9.17) is 15.3 Å². The van der Waals surface area contributed by atoms with E-state index in [1.54, 1.807) is 12.1 Å². The zero-order valence-electron chi connectivity index (χ0n) is 13.0. The number of aromatic carboxylic acids is 1. The summed E-state index contributed by atoms with van der Waals surface area (Å²) in [5.74, 6) is -1.64. The van der Waals surface area contributed by atoms with E-state index in [9.17, 15) is 9.59 Å². The number of hydrogen-bond donors (Lipinski definition) is 2. The van der Waals surface area contributed by atoms with Gasteiger partial charge in [0.05, 0.1) is 25.0 Å². The van der Waals surface area contributed by atoms with Crippen molar-refractivity contribution in [1.82, 2.24) is 19.7 Å². The normalized spacial score (nSPS) is 10.6. The molecule has 3 aromatic heterocycles. The van der Waals surface area contributed by atoms with Crippen LogP contribution in [0.5, 0.6) is 0 Å². The average molecular weight is 343 g/mol. The number of carbonyl (C=O) groups is 2. The maximum Gasteiger partial charge on any atom is 0.360 e. The molecule has 3 aromatic rings. The fraction of sp³-hybridized carbons (Fsp3) is 0.133. The second kappa shape index (κ2) is 6.43. The van der Waals surface area contributed by atoms with E-state index in [0.29, 0.717) is 11.3 Å². The summed E-state index contributed by atoms with van der Waals surface area (Å²) in [6.45, 7) is 0.238. The molecule has 0 aliphatic rings. The van der Waals surface area contributed by atoms with E-state index in [1.165, 1.54) is 24.2 Å². The number of carbonyl (C=O) groups excluding carboxylic acids is 1. The van der Waals surface area contributed by atoms with Gasteiger partial charge in [-0.2, -0.15) is 5.10 Å². The van der Waals surface area contributed by atoms with Gasteiger partial charge in [0.25, 0.3) is 0 Å². The number of nitrogen functional groups attached to an aromatic ring is 1. The van der Waals surface area contributed by atoms with Gasteiger partial charge in [0.15, 0.2) is 11.4 Å². The molecule has 0 atom stereocenters. The number of pyridine rings is 1. The lowest BCUT2D eigenvalue weighted by Crippen LogP contribution is -2.07. The first-order valence-corrected chi connectivity index (χ1v) is 7.03. The molecule has 0 saturated heterocycles. The van der Waals surface area contributed by atoms with Gasteiger partial charge in [-0.05, 0) is 12.1 Å². The highest BCUT2D eigenvalue weighted by Crippen LogP contribution is 2.20. The summed E-state index contributed by atoms with van der Waals surface area (Å²) < 4.78 is 11.2. The minimum absolute atomic E-state index is 0.0254. The van der Waals surface area contributed by atoms with Gasteiger partial charge in [-0.1, -0.05) is 0 Å². The van der Waals surface area contributed by atoms with Crippen LogP contribution in [0.15, 0.2) is 35.2 Å². The first-order chi connectivity index (χ1) is 12.0. The highest BCUT2D eigenvalue weighted by molar-refractivity contribution is 5.92. The molecule has 0 saturated carbocycles. The van der Waals surface area contributed by atoms with Crippen molar-refractivity contribution in [3.63, 3.8) is 0 Å². The molecule has 3 heterocycles. The van der Waals surface area contributed by atoms with Crippen LogP contribution in [-0.4, -0.2) is 43.9 Å². The molecule has 0 fully saturated rings. The summed E-state index contributed by atoms with van der Waals surface area (Å²) in [6.07, 6.45) is 4.09. The monoisotopic (exact) mass is 343 g/mol. The van der Waals surface area contributed by atoms with Crippen molar-refractivity contribution in [2.24, 2.45) is 0 Å². The lowest BCUT2D eigenvalue weighted by atomic mass is 10.2. The van der Waals surface area contributed by atoms with E-state index < -0.39 is 11.9 Å². The first-order valence-electron chi connectivity index (χ1n) is 7.03. The highest BCUT2D eigenvalue weighted by atomic mass is 16.5. The minimum atomic E-state index is -1.17. The number of aromatic nitrogens is 4. The highest BCUT2D eigenvalue weighted by Gasteiger charge is 2.16. The first kappa shape index (κ1) is 16.2. The molecule has 0 amide bonds. The summed E-state index contributed by atoms with van der Waals surface area (Å²) >= 11 is 0. The number of ether oxygens (including phenoxy) is 1. The fourth-order valence-corrected chi connectivity index (χ4v) is 2.14. The van der Waals surface area contributed by atoms with E-state index in [-0.39, 0.29) is 29.5 Å². The Kier molecular flexibility index (Phi) is 4.16. The van der Waals surface area contributed by atoms with Gasteiger partial charge in [-0.25, -0.2) is 14.6 Å². The van der Waals surface area contributed by atoms with Crippen molar-refractivity contribution in [3.8, 4) is 11.5 Å². The third kappa shape index (κ3) is 3.32. The van der Waals surface area contributed by atoms with Crippen molar-refractivity contribution in [3.05, 3.63) is 47.9 Å². The van der Waals surface area contributed by atoms with E-state index in [2.05, 4.69) is 19.8 Å². The summed E-state index contributed by atoms with van der Waals surface area (Å²) in [6, 6.07) is 3.31. The lowest BCUT2D eigenvalue weighted by Gasteiger charge is -2.02. The number of nitrogens with two attached hydrogens (primary N) is 1. The van der Waals surface area contributed by atoms with Crippen LogP contribution in [0.3, 0.4) is 0 Å². The Morgan fingerprint density at radius 1 is 1.44 bits per heavy atom. The second-order valence-electron chi connectivity index (χ2n) is 5.00. The Hall–Kier alpha value is -3.69. The number of carboxylic acid groups (broad SMARTS) is 1. The van der Waals surface area contributed by atoms with Crippen molar-refractivity contribution >= 4 is 17.6 Å². The van der Waals surface area contributed by atoms with Gasteiger partial charge < -0.3 is 20.0 Å². The van der Waals surface area contributed by atoms with E-state index in [0.717, 1.165) is 6.26 Å². The molecule has 0 radical (unpaired) electrons. The van der Waals surface area contributed by atoms with Crippen LogP contribution in [0.1, 0.15) is 26.7 Å². The number of esters is 1. The van der Waals surface area contributed by atoms with Gasteiger partial charge in [-0.15, -0.1) is 0 Å². The zero-order chi connectivity index (χ0) is 18.0. The number of rotatable bonds is 5. The number of oxazole rings is 1. The Balaban J connectivity index is 1.84. The van der Waals surface area contributed by atoms with Crippen molar-refractivity contribution in [2.75, 3.05) is 12.8 Å². The lowest BCUT2D eigenvalue weighted by molar-refractivity contribution is 0.0593. The molecule has 0 unspecified atom stereocenters. The maximum atomic E-state index is 11.5. The van der Waals surface area contributed by atoms with Crippen molar-refractivity contribution in [2.45, 2.75) is 6.54 Å². The number of anilines is 1.